The molecule has 2 rings (SSSR count). The lowest BCUT2D eigenvalue weighted by atomic mass is 9.86. The second-order valence-corrected chi connectivity index (χ2v) is 6.16. The maximum absolute atomic E-state index is 12.6. The van der Waals surface area contributed by atoms with Gasteiger partial charge in [0.2, 0.25) is 0 Å². The highest BCUT2D eigenvalue weighted by molar-refractivity contribution is 6.31. The van der Waals surface area contributed by atoms with E-state index >= 15 is 0 Å². The van der Waals surface area contributed by atoms with Crippen molar-refractivity contribution < 1.29 is 4.79 Å². The van der Waals surface area contributed by atoms with E-state index in [0.29, 0.717) is 5.57 Å². The fourth-order valence-electron chi connectivity index (χ4n) is 2.09. The molecule has 0 aromatic heterocycles. The predicted octanol–water partition coefficient (Wildman–Crippen LogP) is 2.88. The molecule has 0 unspecified atom stereocenters. The number of rotatable bonds is 2. The molecule has 0 fully saturated rings. The fourth-order valence-corrected chi connectivity index (χ4v) is 2.09. The number of benzene rings is 1. The van der Waals surface area contributed by atoms with Crippen LogP contribution >= 0.6 is 0 Å². The summed E-state index contributed by atoms with van der Waals surface area (Å²) < 4.78 is 0. The number of nitrogens with zero attached hydrogens (tertiary/aromatic N) is 3. The Balaban J connectivity index is 2.49. The van der Waals surface area contributed by atoms with Crippen LogP contribution in [0.5, 0.6) is 0 Å². The van der Waals surface area contributed by atoms with E-state index in [1.807, 2.05) is 55.5 Å². The van der Waals surface area contributed by atoms with Gasteiger partial charge in [-0.1, -0.05) is 39.0 Å². The molecule has 1 amide bonds. The average molecular weight is 271 g/mol. The summed E-state index contributed by atoms with van der Waals surface area (Å²) >= 11 is 0. The third-order valence-corrected chi connectivity index (χ3v) is 2.98. The SMILES string of the molecule is CN(C)C=C1C(=O)N(c2ccccc2)N=C1C(C)(C)C. The lowest BCUT2D eigenvalue weighted by Crippen LogP contribution is -2.25. The summed E-state index contributed by atoms with van der Waals surface area (Å²) in [7, 11) is 3.82. The minimum absolute atomic E-state index is 0.0742. The number of carbonyl (C=O) groups is 1. The Bertz CT molecular complexity index is 565. The molecule has 4 nitrogen and oxygen atoms in total. The van der Waals surface area contributed by atoms with E-state index in [1.165, 1.54) is 5.01 Å². The quantitative estimate of drug-likeness (QED) is 0.775. The molecular formula is C16H21N3O. The van der Waals surface area contributed by atoms with Crippen LogP contribution in [-0.4, -0.2) is 30.6 Å². The Morgan fingerprint density at radius 1 is 1.15 bits per heavy atom. The van der Waals surface area contributed by atoms with Crippen LogP contribution in [0.2, 0.25) is 0 Å². The molecule has 0 bridgehead atoms. The van der Waals surface area contributed by atoms with Crippen LogP contribution in [-0.2, 0) is 4.79 Å². The molecule has 0 N–H and O–H groups in total. The van der Waals surface area contributed by atoms with Crippen LogP contribution in [0.3, 0.4) is 0 Å². The van der Waals surface area contributed by atoms with Crippen molar-refractivity contribution >= 4 is 17.3 Å². The van der Waals surface area contributed by atoms with Crippen molar-refractivity contribution in [1.82, 2.24) is 4.90 Å². The average Bonchev–Trinajstić information content (AvgIpc) is 2.67. The van der Waals surface area contributed by atoms with Crippen LogP contribution in [0.1, 0.15) is 20.8 Å². The third-order valence-electron chi connectivity index (χ3n) is 2.98. The maximum atomic E-state index is 12.6. The smallest absolute Gasteiger partial charge is 0.282 e. The summed E-state index contributed by atoms with van der Waals surface area (Å²) in [5, 5.41) is 6.03. The van der Waals surface area contributed by atoms with Crippen molar-refractivity contribution in [1.29, 1.82) is 0 Å². The molecular weight excluding hydrogens is 250 g/mol. The van der Waals surface area contributed by atoms with Crippen LogP contribution in [0, 0.1) is 5.41 Å². The van der Waals surface area contributed by atoms with Gasteiger partial charge in [-0.05, 0) is 12.1 Å². The molecule has 0 saturated heterocycles. The van der Waals surface area contributed by atoms with Crippen molar-refractivity contribution in [3.63, 3.8) is 0 Å². The number of para-hydroxylation sites is 1. The van der Waals surface area contributed by atoms with Gasteiger partial charge >= 0.3 is 0 Å². The third kappa shape index (κ3) is 2.74. The molecule has 1 aliphatic rings. The molecule has 0 atom stereocenters. The zero-order valence-corrected chi connectivity index (χ0v) is 12.7. The molecule has 0 aliphatic carbocycles. The van der Waals surface area contributed by atoms with Crippen molar-refractivity contribution in [2.24, 2.45) is 10.5 Å². The molecule has 1 aromatic rings. The Labute approximate surface area is 120 Å². The van der Waals surface area contributed by atoms with Gasteiger partial charge in [0.1, 0.15) is 0 Å². The number of hydrazone groups is 1. The maximum Gasteiger partial charge on any atom is 0.282 e. The molecule has 20 heavy (non-hydrogen) atoms. The fraction of sp³-hybridized carbons (Fsp3) is 0.375. The van der Waals surface area contributed by atoms with Gasteiger partial charge in [-0.3, -0.25) is 4.79 Å². The molecule has 0 spiro atoms. The standard InChI is InChI=1S/C16H21N3O/c1-16(2,3)14-13(11-18(4)5)15(20)19(17-14)12-9-7-6-8-10-12/h6-11H,1-5H3. The number of carbonyl (C=O) groups excluding carboxylic acids is 1. The van der Waals surface area contributed by atoms with E-state index in [4.69, 9.17) is 0 Å². The lowest BCUT2D eigenvalue weighted by molar-refractivity contribution is -0.114. The van der Waals surface area contributed by atoms with Gasteiger partial charge in [0.25, 0.3) is 5.91 Å². The van der Waals surface area contributed by atoms with Gasteiger partial charge in [-0.15, -0.1) is 0 Å². The summed E-state index contributed by atoms with van der Waals surface area (Å²) in [6, 6.07) is 9.51. The summed E-state index contributed by atoms with van der Waals surface area (Å²) in [5.41, 5.74) is 2.09. The summed E-state index contributed by atoms with van der Waals surface area (Å²) in [6.45, 7) is 6.20. The van der Waals surface area contributed by atoms with Crippen molar-refractivity contribution in [2.75, 3.05) is 19.1 Å². The van der Waals surface area contributed by atoms with Crippen LogP contribution in [0.15, 0.2) is 47.2 Å². The van der Waals surface area contributed by atoms with Gasteiger partial charge in [-0.2, -0.15) is 10.1 Å². The number of hydrogen-bond donors (Lipinski definition) is 0. The van der Waals surface area contributed by atoms with Gasteiger partial charge in [-0.25, -0.2) is 0 Å². The van der Waals surface area contributed by atoms with E-state index in [9.17, 15) is 4.79 Å². The zero-order valence-electron chi connectivity index (χ0n) is 12.7. The molecule has 1 aliphatic heterocycles. The molecule has 1 heterocycles. The van der Waals surface area contributed by atoms with Gasteiger partial charge in [0.15, 0.2) is 0 Å². The highest BCUT2D eigenvalue weighted by atomic mass is 16.2. The normalized spacial score (nSPS) is 17.6. The first-order chi connectivity index (χ1) is 9.30. The largest absolute Gasteiger partial charge is 0.383 e. The second-order valence-electron chi connectivity index (χ2n) is 6.16. The minimum Gasteiger partial charge on any atom is -0.383 e. The highest BCUT2D eigenvalue weighted by Gasteiger charge is 2.37. The summed E-state index contributed by atoms with van der Waals surface area (Å²) in [6.07, 6.45) is 1.84. The molecule has 4 heteroatoms. The number of hydrogen-bond acceptors (Lipinski definition) is 3. The highest BCUT2D eigenvalue weighted by Crippen LogP contribution is 2.31. The van der Waals surface area contributed by atoms with Gasteiger partial charge in [0, 0.05) is 25.7 Å². The summed E-state index contributed by atoms with van der Waals surface area (Å²) in [5.74, 6) is -0.0742. The zero-order chi connectivity index (χ0) is 14.9. The Morgan fingerprint density at radius 2 is 1.75 bits per heavy atom. The molecule has 0 saturated carbocycles. The monoisotopic (exact) mass is 271 g/mol. The van der Waals surface area contributed by atoms with E-state index in [2.05, 4.69) is 25.9 Å². The molecule has 106 valence electrons. The van der Waals surface area contributed by atoms with Crippen LogP contribution in [0.4, 0.5) is 5.69 Å². The lowest BCUT2D eigenvalue weighted by Gasteiger charge is -2.18. The predicted molar refractivity (Wildman–Crippen MR) is 82.6 cm³/mol. The van der Waals surface area contributed by atoms with E-state index in [0.717, 1.165) is 11.4 Å². The van der Waals surface area contributed by atoms with Crippen molar-refractivity contribution in [3.8, 4) is 0 Å². The number of anilines is 1. The molecule has 0 radical (unpaired) electrons. The first-order valence-corrected chi connectivity index (χ1v) is 6.68. The van der Waals surface area contributed by atoms with Gasteiger partial charge in [0.05, 0.1) is 17.0 Å². The van der Waals surface area contributed by atoms with Crippen LogP contribution in [0.25, 0.3) is 0 Å². The van der Waals surface area contributed by atoms with Crippen molar-refractivity contribution in [3.05, 3.63) is 42.1 Å². The van der Waals surface area contributed by atoms with E-state index < -0.39 is 0 Å². The number of amides is 1. The summed E-state index contributed by atoms with van der Waals surface area (Å²) in [4.78, 5) is 14.5. The first-order valence-electron chi connectivity index (χ1n) is 6.68. The Hall–Kier alpha value is -2.10. The van der Waals surface area contributed by atoms with Gasteiger partial charge < -0.3 is 4.90 Å². The topological polar surface area (TPSA) is 35.9 Å². The van der Waals surface area contributed by atoms with Crippen molar-refractivity contribution in [2.45, 2.75) is 20.8 Å². The van der Waals surface area contributed by atoms with E-state index in [1.54, 1.807) is 0 Å². The van der Waals surface area contributed by atoms with Crippen LogP contribution < -0.4 is 5.01 Å². The molecule has 1 aromatic carbocycles. The second kappa shape index (κ2) is 5.12. The van der Waals surface area contributed by atoms with E-state index in [-0.39, 0.29) is 11.3 Å². The Morgan fingerprint density at radius 3 is 2.25 bits per heavy atom. The minimum atomic E-state index is -0.180. The first kappa shape index (κ1) is 14.3. The Kier molecular flexibility index (Phi) is 3.66.